The zero-order valence-electron chi connectivity index (χ0n) is 13.7. The van der Waals surface area contributed by atoms with Crippen molar-refractivity contribution in [1.82, 2.24) is 10.3 Å². The van der Waals surface area contributed by atoms with E-state index in [1.165, 1.54) is 0 Å². The molecule has 0 bridgehead atoms. The van der Waals surface area contributed by atoms with Gasteiger partial charge in [0, 0.05) is 12.3 Å². The van der Waals surface area contributed by atoms with Gasteiger partial charge in [-0.1, -0.05) is 13.3 Å². The number of nitrogens with one attached hydrogen (secondary N) is 1. The summed E-state index contributed by atoms with van der Waals surface area (Å²) >= 11 is 5.44. The van der Waals surface area contributed by atoms with Crippen LogP contribution in [0.5, 0.6) is 0 Å². The number of hydrogen-bond acceptors (Lipinski definition) is 9. The highest BCUT2D eigenvalue weighted by atomic mass is 35.5. The minimum Gasteiger partial charge on any atom is -0.394 e. The summed E-state index contributed by atoms with van der Waals surface area (Å²) in [7, 11) is 0. The fraction of sp³-hybridized carbons (Fsp3) is 0.923. The first kappa shape index (κ1) is 22.0. The number of nitrogens with zero attached hydrogens (tertiary/aromatic N) is 2. The molecule has 0 aromatic heterocycles. The lowest BCUT2D eigenvalue weighted by molar-refractivity contribution is -0.396. The number of unbranched alkanes of at least 4 members (excludes halogenated alkanes) is 1. The molecule has 1 fully saturated rings. The van der Waals surface area contributed by atoms with E-state index in [4.69, 9.17) is 16.3 Å². The molecule has 5 atom stereocenters. The van der Waals surface area contributed by atoms with Crippen LogP contribution in [0.3, 0.4) is 0 Å². The molecule has 146 valence electrons. The summed E-state index contributed by atoms with van der Waals surface area (Å²) < 4.78 is 5.18. The molecule has 0 aromatic rings. The van der Waals surface area contributed by atoms with Crippen LogP contribution in [0.25, 0.3) is 0 Å². The van der Waals surface area contributed by atoms with E-state index < -0.39 is 42.5 Å². The minimum absolute atomic E-state index is 0.133. The fourth-order valence-electron chi connectivity index (χ4n) is 2.56. The minimum atomic E-state index is -2.86. The van der Waals surface area contributed by atoms with Gasteiger partial charge in [-0.2, -0.15) is 5.01 Å². The number of carbonyl (C=O) groups is 1. The van der Waals surface area contributed by atoms with Crippen molar-refractivity contribution in [2.24, 2.45) is 5.29 Å². The van der Waals surface area contributed by atoms with E-state index in [1.54, 1.807) is 6.92 Å². The quantitative estimate of drug-likeness (QED) is 0.128. The predicted molar refractivity (Wildman–Crippen MR) is 85.1 cm³/mol. The van der Waals surface area contributed by atoms with Gasteiger partial charge in [-0.05, 0) is 6.42 Å². The molecule has 6 N–H and O–H groups in total. The average molecular weight is 386 g/mol. The number of aliphatic hydroxyl groups is 5. The van der Waals surface area contributed by atoms with Crippen molar-refractivity contribution in [2.45, 2.75) is 56.0 Å². The Morgan fingerprint density at radius 3 is 2.52 bits per heavy atom. The van der Waals surface area contributed by atoms with Gasteiger partial charge in [-0.3, -0.25) is 0 Å². The Kier molecular flexibility index (Phi) is 7.93. The lowest BCUT2D eigenvalue weighted by Gasteiger charge is -2.53. The number of aliphatic hydroxyl groups excluding tert-OH is 3. The molecule has 2 amide bonds. The van der Waals surface area contributed by atoms with Gasteiger partial charge in [0.25, 0.3) is 0 Å². The molecule has 1 saturated heterocycles. The van der Waals surface area contributed by atoms with Gasteiger partial charge in [0.2, 0.25) is 11.5 Å². The van der Waals surface area contributed by atoms with Gasteiger partial charge in [-0.15, -0.1) is 16.5 Å². The first-order valence-electron chi connectivity index (χ1n) is 7.79. The zero-order chi connectivity index (χ0) is 19.3. The molecule has 0 aromatic carbocycles. The Bertz CT molecular complexity index is 473. The molecule has 1 aliphatic heterocycles. The standard InChI is InChI=1S/C13H24ClN3O8/c1-2-3-4-12(22)13(23,10(20)9(19)8(7-18)25-12)15-11(21)17(16-24)6-5-14/h8-10,18-20,22-23H,2-7H2,1H3,(H,15,21)/t8-,9-,10+,12-,13-/m1/s1. The van der Waals surface area contributed by atoms with E-state index in [0.717, 1.165) is 0 Å². The molecule has 1 heterocycles. The first-order valence-corrected chi connectivity index (χ1v) is 8.32. The van der Waals surface area contributed by atoms with Gasteiger partial charge in [0.15, 0.2) is 0 Å². The molecule has 0 unspecified atom stereocenters. The smallest absolute Gasteiger partial charge is 0.342 e. The Balaban J connectivity index is 3.17. The van der Waals surface area contributed by atoms with Crippen LogP contribution >= 0.6 is 11.6 Å². The molecule has 1 rings (SSSR count). The fourth-order valence-corrected chi connectivity index (χ4v) is 2.72. The predicted octanol–water partition coefficient (Wildman–Crippen LogP) is -1.40. The molecule has 12 heteroatoms. The Morgan fingerprint density at radius 2 is 2.04 bits per heavy atom. The van der Waals surface area contributed by atoms with Gasteiger partial charge < -0.3 is 35.6 Å². The number of carbonyl (C=O) groups excluding carboxylic acids is 1. The summed E-state index contributed by atoms with van der Waals surface area (Å²) in [5.41, 5.74) is -2.86. The highest BCUT2D eigenvalue weighted by Gasteiger charge is 2.64. The third-order valence-electron chi connectivity index (χ3n) is 4.05. The normalized spacial score (nSPS) is 35.2. The van der Waals surface area contributed by atoms with Crippen molar-refractivity contribution in [3.8, 4) is 0 Å². The Morgan fingerprint density at radius 1 is 1.40 bits per heavy atom. The number of urea groups is 1. The summed E-state index contributed by atoms with van der Waals surface area (Å²) in [4.78, 5) is 22.8. The van der Waals surface area contributed by atoms with Gasteiger partial charge in [0.05, 0.1) is 18.4 Å². The molecular formula is C13H24ClN3O8. The van der Waals surface area contributed by atoms with Crippen LogP contribution in [0.4, 0.5) is 4.79 Å². The highest BCUT2D eigenvalue weighted by Crippen LogP contribution is 2.38. The largest absolute Gasteiger partial charge is 0.394 e. The van der Waals surface area contributed by atoms with Crippen LogP contribution in [0.2, 0.25) is 0 Å². The van der Waals surface area contributed by atoms with Gasteiger partial charge in [-0.25, -0.2) is 4.79 Å². The molecule has 0 aliphatic carbocycles. The number of rotatable bonds is 8. The number of amides is 2. The van der Waals surface area contributed by atoms with Crippen molar-refractivity contribution in [1.29, 1.82) is 0 Å². The molecule has 0 saturated carbocycles. The average Bonchev–Trinajstić information content (AvgIpc) is 2.59. The summed E-state index contributed by atoms with van der Waals surface area (Å²) in [6.07, 6.45) is -4.65. The SMILES string of the molecule is CCCC[C@@]1(O)O[C@H](CO)[C@@H](O)[C@H](O)[C@]1(O)NC(=O)N(CCCl)N=O. The number of alkyl halides is 1. The van der Waals surface area contributed by atoms with Crippen LogP contribution in [0.1, 0.15) is 26.2 Å². The van der Waals surface area contributed by atoms with E-state index in [2.05, 4.69) is 5.29 Å². The second-order valence-electron chi connectivity index (χ2n) is 5.75. The maximum absolute atomic E-state index is 12.1. The van der Waals surface area contributed by atoms with Gasteiger partial charge >= 0.3 is 6.03 Å². The van der Waals surface area contributed by atoms with Crippen molar-refractivity contribution >= 4 is 17.6 Å². The van der Waals surface area contributed by atoms with Crippen molar-refractivity contribution in [2.75, 3.05) is 19.0 Å². The van der Waals surface area contributed by atoms with Crippen molar-refractivity contribution < 1.29 is 35.1 Å². The number of ether oxygens (including phenoxy) is 1. The van der Waals surface area contributed by atoms with Crippen molar-refractivity contribution in [3.63, 3.8) is 0 Å². The second-order valence-corrected chi connectivity index (χ2v) is 6.13. The van der Waals surface area contributed by atoms with Crippen LogP contribution in [-0.4, -0.2) is 85.4 Å². The first-order chi connectivity index (χ1) is 11.7. The van der Waals surface area contributed by atoms with Crippen LogP contribution < -0.4 is 5.32 Å². The number of halogens is 1. The monoisotopic (exact) mass is 385 g/mol. The van der Waals surface area contributed by atoms with E-state index >= 15 is 0 Å². The summed E-state index contributed by atoms with van der Waals surface area (Å²) in [6.45, 7) is 0.751. The number of hydrogen-bond donors (Lipinski definition) is 6. The maximum atomic E-state index is 12.1. The lowest BCUT2D eigenvalue weighted by Crippen LogP contribution is -2.79. The highest BCUT2D eigenvalue weighted by molar-refractivity contribution is 6.18. The number of nitroso groups, excluding NO2 is 1. The molecular weight excluding hydrogens is 362 g/mol. The van der Waals surface area contributed by atoms with Crippen LogP contribution in [0, 0.1) is 4.91 Å². The summed E-state index contributed by atoms with van der Waals surface area (Å²) in [6, 6.07) is -1.26. The molecule has 0 radical (unpaired) electrons. The molecule has 1 aliphatic rings. The zero-order valence-corrected chi connectivity index (χ0v) is 14.5. The summed E-state index contributed by atoms with van der Waals surface area (Å²) in [5, 5.41) is 55.6. The van der Waals surface area contributed by atoms with E-state index in [9.17, 15) is 35.2 Å². The van der Waals surface area contributed by atoms with Gasteiger partial charge in [0.1, 0.15) is 18.3 Å². The van der Waals surface area contributed by atoms with E-state index in [-0.39, 0.29) is 18.8 Å². The topological polar surface area (TPSA) is 172 Å². The molecule has 11 nitrogen and oxygen atoms in total. The van der Waals surface area contributed by atoms with E-state index in [1.807, 2.05) is 5.32 Å². The molecule has 0 spiro atoms. The van der Waals surface area contributed by atoms with Crippen LogP contribution in [-0.2, 0) is 4.74 Å². The summed E-state index contributed by atoms with van der Waals surface area (Å²) in [5.74, 6) is -2.66. The van der Waals surface area contributed by atoms with Crippen molar-refractivity contribution in [3.05, 3.63) is 4.91 Å². The van der Waals surface area contributed by atoms with Crippen LogP contribution in [0.15, 0.2) is 5.29 Å². The maximum Gasteiger partial charge on any atom is 0.342 e. The molecule has 25 heavy (non-hydrogen) atoms. The lowest BCUT2D eigenvalue weighted by atomic mass is 9.83. The second kappa shape index (κ2) is 9.03. The third kappa shape index (κ3) is 4.37. The third-order valence-corrected chi connectivity index (χ3v) is 4.22. The van der Waals surface area contributed by atoms with E-state index in [0.29, 0.717) is 17.9 Å². The Hall–Kier alpha value is -1.08. The Labute approximate surface area is 149 Å².